The zero-order valence-electron chi connectivity index (χ0n) is 12.6. The Morgan fingerprint density at radius 3 is 2.55 bits per heavy atom. The summed E-state index contributed by atoms with van der Waals surface area (Å²) >= 11 is 0. The van der Waals surface area contributed by atoms with Crippen LogP contribution in [0.1, 0.15) is 44.2 Å². The number of benzene rings is 1. The van der Waals surface area contributed by atoms with Crippen LogP contribution in [0, 0.1) is 23.7 Å². The van der Waals surface area contributed by atoms with Crippen LogP contribution in [0.3, 0.4) is 0 Å². The third-order valence-electron chi connectivity index (χ3n) is 4.32. The number of hydrogen-bond acceptors (Lipinski definition) is 2. The SMILES string of the molecule is CC1CCC(OCc2ccc(C#CCN)cc2)CC1C. The molecule has 2 heteroatoms. The molecule has 0 aromatic heterocycles. The van der Waals surface area contributed by atoms with Gasteiger partial charge in [-0.3, -0.25) is 0 Å². The van der Waals surface area contributed by atoms with E-state index in [1.54, 1.807) is 0 Å². The zero-order chi connectivity index (χ0) is 14.4. The summed E-state index contributed by atoms with van der Waals surface area (Å²) in [6, 6.07) is 8.25. The molecule has 1 aliphatic rings. The Morgan fingerprint density at radius 1 is 1.15 bits per heavy atom. The molecule has 0 amide bonds. The molecule has 0 heterocycles. The van der Waals surface area contributed by atoms with Crippen molar-refractivity contribution in [3.8, 4) is 11.8 Å². The Labute approximate surface area is 122 Å². The largest absolute Gasteiger partial charge is 0.374 e. The molecule has 1 aromatic carbocycles. The van der Waals surface area contributed by atoms with Crippen LogP contribution in [0.5, 0.6) is 0 Å². The van der Waals surface area contributed by atoms with Gasteiger partial charge in [-0.1, -0.05) is 37.8 Å². The zero-order valence-corrected chi connectivity index (χ0v) is 12.6. The molecular formula is C18H25NO. The first kappa shape index (κ1) is 15.1. The van der Waals surface area contributed by atoms with Crippen molar-refractivity contribution < 1.29 is 4.74 Å². The molecule has 0 aliphatic heterocycles. The summed E-state index contributed by atoms with van der Waals surface area (Å²) in [6.45, 7) is 5.80. The second-order valence-corrected chi connectivity index (χ2v) is 5.90. The fraction of sp³-hybridized carbons (Fsp3) is 0.556. The van der Waals surface area contributed by atoms with E-state index in [0.717, 1.165) is 17.4 Å². The Bertz CT molecular complexity index is 468. The average molecular weight is 271 g/mol. The minimum absolute atomic E-state index is 0.406. The van der Waals surface area contributed by atoms with E-state index in [9.17, 15) is 0 Å². The van der Waals surface area contributed by atoms with Crippen molar-refractivity contribution in [2.24, 2.45) is 17.6 Å². The van der Waals surface area contributed by atoms with Crippen LogP contribution in [0.25, 0.3) is 0 Å². The lowest BCUT2D eigenvalue weighted by Gasteiger charge is -2.32. The van der Waals surface area contributed by atoms with Gasteiger partial charge in [-0.2, -0.15) is 0 Å². The van der Waals surface area contributed by atoms with Gasteiger partial charge in [0.25, 0.3) is 0 Å². The third-order valence-corrected chi connectivity index (χ3v) is 4.32. The Hall–Kier alpha value is -1.30. The van der Waals surface area contributed by atoms with Gasteiger partial charge in [0.15, 0.2) is 0 Å². The predicted octanol–water partition coefficient (Wildman–Crippen LogP) is 3.34. The van der Waals surface area contributed by atoms with Crippen molar-refractivity contribution in [1.82, 2.24) is 0 Å². The van der Waals surface area contributed by atoms with Crippen LogP contribution in [0.4, 0.5) is 0 Å². The molecule has 0 saturated heterocycles. The minimum atomic E-state index is 0.406. The molecule has 1 saturated carbocycles. The summed E-state index contributed by atoms with van der Waals surface area (Å²) in [5, 5.41) is 0. The topological polar surface area (TPSA) is 35.2 Å². The molecule has 3 unspecified atom stereocenters. The lowest BCUT2D eigenvalue weighted by atomic mass is 9.80. The molecule has 2 N–H and O–H groups in total. The monoisotopic (exact) mass is 271 g/mol. The van der Waals surface area contributed by atoms with E-state index in [1.807, 2.05) is 12.1 Å². The van der Waals surface area contributed by atoms with Gasteiger partial charge in [-0.05, 0) is 48.8 Å². The first-order valence-corrected chi connectivity index (χ1v) is 7.58. The molecule has 2 nitrogen and oxygen atoms in total. The predicted molar refractivity (Wildman–Crippen MR) is 83.1 cm³/mol. The molecule has 3 atom stereocenters. The maximum atomic E-state index is 6.05. The van der Waals surface area contributed by atoms with Gasteiger partial charge in [0.2, 0.25) is 0 Å². The highest BCUT2D eigenvalue weighted by molar-refractivity contribution is 5.36. The highest BCUT2D eigenvalue weighted by Crippen LogP contribution is 2.31. The fourth-order valence-electron chi connectivity index (χ4n) is 2.70. The van der Waals surface area contributed by atoms with Crippen molar-refractivity contribution in [1.29, 1.82) is 0 Å². The molecule has 2 rings (SSSR count). The van der Waals surface area contributed by atoms with Crippen molar-refractivity contribution >= 4 is 0 Å². The fourth-order valence-corrected chi connectivity index (χ4v) is 2.70. The summed E-state index contributed by atoms with van der Waals surface area (Å²) in [5.74, 6) is 7.52. The van der Waals surface area contributed by atoms with E-state index in [2.05, 4.69) is 37.8 Å². The molecule has 108 valence electrons. The lowest BCUT2D eigenvalue weighted by molar-refractivity contribution is -0.00745. The van der Waals surface area contributed by atoms with Crippen LogP contribution in [0.2, 0.25) is 0 Å². The summed E-state index contributed by atoms with van der Waals surface area (Å²) in [6.07, 6.45) is 4.12. The molecule has 0 bridgehead atoms. The molecule has 0 spiro atoms. The first-order valence-electron chi connectivity index (χ1n) is 7.58. The lowest BCUT2D eigenvalue weighted by Crippen LogP contribution is -2.26. The molecule has 20 heavy (non-hydrogen) atoms. The average Bonchev–Trinajstić information content (AvgIpc) is 2.47. The number of hydrogen-bond donors (Lipinski definition) is 1. The summed E-state index contributed by atoms with van der Waals surface area (Å²) in [5.41, 5.74) is 7.59. The first-order chi connectivity index (χ1) is 9.69. The molecule has 0 radical (unpaired) electrons. The second kappa shape index (κ2) is 7.47. The van der Waals surface area contributed by atoms with Crippen LogP contribution in [-0.2, 0) is 11.3 Å². The smallest absolute Gasteiger partial charge is 0.0720 e. The Balaban J connectivity index is 1.82. The van der Waals surface area contributed by atoms with Crippen molar-refractivity contribution in [3.63, 3.8) is 0 Å². The summed E-state index contributed by atoms with van der Waals surface area (Å²) < 4.78 is 6.05. The van der Waals surface area contributed by atoms with Crippen molar-refractivity contribution in [2.45, 2.75) is 45.8 Å². The van der Waals surface area contributed by atoms with Gasteiger partial charge >= 0.3 is 0 Å². The highest BCUT2D eigenvalue weighted by atomic mass is 16.5. The van der Waals surface area contributed by atoms with Gasteiger partial charge in [-0.15, -0.1) is 0 Å². The van der Waals surface area contributed by atoms with Gasteiger partial charge in [0.1, 0.15) is 0 Å². The second-order valence-electron chi connectivity index (χ2n) is 5.90. The molecular weight excluding hydrogens is 246 g/mol. The molecule has 1 fully saturated rings. The number of ether oxygens (including phenoxy) is 1. The molecule has 1 aromatic rings. The third kappa shape index (κ3) is 4.37. The maximum Gasteiger partial charge on any atom is 0.0720 e. The van der Waals surface area contributed by atoms with Crippen LogP contribution < -0.4 is 5.73 Å². The number of rotatable bonds is 3. The van der Waals surface area contributed by atoms with E-state index >= 15 is 0 Å². The standard InChI is InChI=1S/C18H25NO/c1-14-5-10-18(12-15(14)2)20-13-17-8-6-16(7-9-17)4-3-11-19/h6-9,14-15,18H,5,10-13,19H2,1-2H3. The minimum Gasteiger partial charge on any atom is -0.374 e. The van der Waals surface area contributed by atoms with Gasteiger partial charge in [0, 0.05) is 5.56 Å². The van der Waals surface area contributed by atoms with Crippen LogP contribution in [0.15, 0.2) is 24.3 Å². The summed E-state index contributed by atoms with van der Waals surface area (Å²) in [7, 11) is 0. The Kier molecular flexibility index (Phi) is 5.64. The van der Waals surface area contributed by atoms with Crippen LogP contribution >= 0.6 is 0 Å². The Morgan fingerprint density at radius 2 is 1.90 bits per heavy atom. The van der Waals surface area contributed by atoms with E-state index < -0.39 is 0 Å². The van der Waals surface area contributed by atoms with Gasteiger partial charge < -0.3 is 10.5 Å². The van der Waals surface area contributed by atoms with Crippen molar-refractivity contribution in [2.75, 3.05) is 6.54 Å². The van der Waals surface area contributed by atoms with Gasteiger partial charge in [-0.25, -0.2) is 0 Å². The quantitative estimate of drug-likeness (QED) is 0.856. The van der Waals surface area contributed by atoms with E-state index in [0.29, 0.717) is 19.3 Å². The van der Waals surface area contributed by atoms with E-state index in [1.165, 1.54) is 24.8 Å². The maximum absolute atomic E-state index is 6.05. The highest BCUT2D eigenvalue weighted by Gasteiger charge is 2.24. The normalized spacial score (nSPS) is 25.9. The molecule has 1 aliphatic carbocycles. The summed E-state index contributed by atoms with van der Waals surface area (Å²) in [4.78, 5) is 0. The number of nitrogens with two attached hydrogens (primary N) is 1. The van der Waals surface area contributed by atoms with Crippen molar-refractivity contribution in [3.05, 3.63) is 35.4 Å². The van der Waals surface area contributed by atoms with E-state index in [4.69, 9.17) is 10.5 Å². The van der Waals surface area contributed by atoms with Gasteiger partial charge in [0.05, 0.1) is 19.3 Å². The van der Waals surface area contributed by atoms with Crippen LogP contribution in [-0.4, -0.2) is 12.6 Å². The van der Waals surface area contributed by atoms with E-state index in [-0.39, 0.29) is 0 Å².